The SMILES string of the molecule is O=C(NCCc1ccsc1)N[C@H](CO)c1ccccc1. The minimum Gasteiger partial charge on any atom is -0.394 e. The molecule has 4 nitrogen and oxygen atoms in total. The molecule has 0 aliphatic carbocycles. The van der Waals surface area contributed by atoms with Gasteiger partial charge in [-0.1, -0.05) is 30.3 Å². The van der Waals surface area contributed by atoms with E-state index in [1.54, 1.807) is 11.3 Å². The van der Waals surface area contributed by atoms with Gasteiger partial charge in [0, 0.05) is 6.54 Å². The molecule has 1 aromatic carbocycles. The van der Waals surface area contributed by atoms with E-state index in [-0.39, 0.29) is 18.7 Å². The Balaban J connectivity index is 1.78. The van der Waals surface area contributed by atoms with Crippen molar-refractivity contribution >= 4 is 17.4 Å². The fourth-order valence-corrected chi connectivity index (χ4v) is 2.59. The van der Waals surface area contributed by atoms with Crippen LogP contribution in [-0.4, -0.2) is 24.3 Å². The van der Waals surface area contributed by atoms with E-state index in [2.05, 4.69) is 16.0 Å². The maximum Gasteiger partial charge on any atom is 0.315 e. The van der Waals surface area contributed by atoms with Crippen LogP contribution < -0.4 is 10.6 Å². The number of benzene rings is 1. The normalized spacial score (nSPS) is 11.8. The van der Waals surface area contributed by atoms with Crippen molar-refractivity contribution in [2.45, 2.75) is 12.5 Å². The molecule has 0 saturated heterocycles. The maximum absolute atomic E-state index is 11.8. The summed E-state index contributed by atoms with van der Waals surface area (Å²) in [6.45, 7) is 0.456. The van der Waals surface area contributed by atoms with Gasteiger partial charge in [-0.05, 0) is 34.4 Å². The van der Waals surface area contributed by atoms with E-state index >= 15 is 0 Å². The number of amides is 2. The summed E-state index contributed by atoms with van der Waals surface area (Å²) in [6.07, 6.45) is 0.812. The first-order valence-corrected chi connectivity index (χ1v) is 7.45. The summed E-state index contributed by atoms with van der Waals surface area (Å²) in [6, 6.07) is 10.8. The molecule has 1 atom stereocenters. The summed E-state index contributed by atoms with van der Waals surface area (Å²) in [5, 5.41) is 19.0. The van der Waals surface area contributed by atoms with Crippen LogP contribution in [0.2, 0.25) is 0 Å². The molecule has 0 radical (unpaired) electrons. The lowest BCUT2D eigenvalue weighted by molar-refractivity contribution is 0.217. The van der Waals surface area contributed by atoms with Gasteiger partial charge in [0.2, 0.25) is 0 Å². The number of hydrogen-bond acceptors (Lipinski definition) is 3. The standard InChI is InChI=1S/C15H18N2O2S/c18-10-14(13-4-2-1-3-5-13)17-15(19)16-8-6-12-7-9-20-11-12/h1-5,7,9,11,14,18H,6,8,10H2,(H2,16,17,19)/t14-/m1/s1. The molecule has 0 bridgehead atoms. The average Bonchev–Trinajstić information content (AvgIpc) is 2.99. The quantitative estimate of drug-likeness (QED) is 0.764. The van der Waals surface area contributed by atoms with Gasteiger partial charge in [0.1, 0.15) is 0 Å². The van der Waals surface area contributed by atoms with E-state index in [1.807, 2.05) is 41.8 Å². The molecule has 20 heavy (non-hydrogen) atoms. The van der Waals surface area contributed by atoms with Gasteiger partial charge in [0.05, 0.1) is 12.6 Å². The third-order valence-electron chi connectivity index (χ3n) is 2.97. The molecule has 3 N–H and O–H groups in total. The van der Waals surface area contributed by atoms with E-state index in [4.69, 9.17) is 0 Å². The summed E-state index contributed by atoms with van der Waals surface area (Å²) >= 11 is 1.65. The molecular formula is C15H18N2O2S. The van der Waals surface area contributed by atoms with Gasteiger partial charge in [0.25, 0.3) is 0 Å². The number of aliphatic hydroxyl groups is 1. The van der Waals surface area contributed by atoms with Crippen molar-refractivity contribution in [1.29, 1.82) is 0 Å². The molecule has 0 aliphatic rings. The molecule has 1 heterocycles. The van der Waals surface area contributed by atoms with E-state index in [9.17, 15) is 9.90 Å². The lowest BCUT2D eigenvalue weighted by Gasteiger charge is -2.17. The molecule has 0 saturated carbocycles. The molecule has 0 fully saturated rings. The molecule has 0 spiro atoms. The molecule has 0 aliphatic heterocycles. The molecule has 2 rings (SSSR count). The van der Waals surface area contributed by atoms with Crippen molar-refractivity contribution < 1.29 is 9.90 Å². The van der Waals surface area contributed by atoms with Gasteiger partial charge >= 0.3 is 6.03 Å². The highest BCUT2D eigenvalue weighted by atomic mass is 32.1. The van der Waals surface area contributed by atoms with Crippen LogP contribution in [-0.2, 0) is 6.42 Å². The second-order valence-corrected chi connectivity index (χ2v) is 5.21. The highest BCUT2D eigenvalue weighted by Crippen LogP contribution is 2.11. The highest BCUT2D eigenvalue weighted by molar-refractivity contribution is 7.07. The van der Waals surface area contributed by atoms with Crippen LogP contribution in [0.4, 0.5) is 4.79 Å². The number of aliphatic hydroxyl groups excluding tert-OH is 1. The predicted molar refractivity (Wildman–Crippen MR) is 80.8 cm³/mol. The zero-order chi connectivity index (χ0) is 14.2. The Hall–Kier alpha value is -1.85. The molecule has 5 heteroatoms. The largest absolute Gasteiger partial charge is 0.394 e. The van der Waals surface area contributed by atoms with Crippen LogP contribution in [0, 0.1) is 0 Å². The predicted octanol–water partition coefficient (Wildman–Crippen LogP) is 2.32. The van der Waals surface area contributed by atoms with Crippen LogP contribution in [0.3, 0.4) is 0 Å². The summed E-state index contributed by atoms with van der Waals surface area (Å²) in [5.41, 5.74) is 2.11. The minimum absolute atomic E-state index is 0.123. The smallest absolute Gasteiger partial charge is 0.315 e. The highest BCUT2D eigenvalue weighted by Gasteiger charge is 2.12. The molecule has 106 valence electrons. The number of carbonyl (C=O) groups excluding carboxylic acids is 1. The Kier molecular flexibility index (Phi) is 5.58. The second kappa shape index (κ2) is 7.67. The molecule has 1 aromatic heterocycles. The summed E-state index contributed by atoms with van der Waals surface area (Å²) < 4.78 is 0. The molecule has 0 unspecified atom stereocenters. The Morgan fingerprint density at radius 1 is 1.25 bits per heavy atom. The second-order valence-electron chi connectivity index (χ2n) is 4.43. The van der Waals surface area contributed by atoms with Crippen molar-refractivity contribution in [3.05, 3.63) is 58.3 Å². The van der Waals surface area contributed by atoms with Crippen LogP contribution in [0.5, 0.6) is 0 Å². The first kappa shape index (κ1) is 14.6. The Morgan fingerprint density at radius 3 is 2.70 bits per heavy atom. The fraction of sp³-hybridized carbons (Fsp3) is 0.267. The molecule has 2 aromatic rings. The number of urea groups is 1. The lowest BCUT2D eigenvalue weighted by Crippen LogP contribution is -2.40. The van der Waals surface area contributed by atoms with Crippen molar-refractivity contribution in [2.24, 2.45) is 0 Å². The lowest BCUT2D eigenvalue weighted by atomic mass is 10.1. The van der Waals surface area contributed by atoms with Crippen molar-refractivity contribution in [1.82, 2.24) is 10.6 Å². The number of nitrogens with one attached hydrogen (secondary N) is 2. The fourth-order valence-electron chi connectivity index (χ4n) is 1.88. The van der Waals surface area contributed by atoms with Gasteiger partial charge in [-0.3, -0.25) is 0 Å². The van der Waals surface area contributed by atoms with Crippen LogP contribution >= 0.6 is 11.3 Å². The van der Waals surface area contributed by atoms with E-state index in [0.717, 1.165) is 12.0 Å². The Morgan fingerprint density at radius 2 is 2.05 bits per heavy atom. The van der Waals surface area contributed by atoms with Gasteiger partial charge < -0.3 is 15.7 Å². The van der Waals surface area contributed by atoms with Crippen molar-refractivity contribution in [3.63, 3.8) is 0 Å². The summed E-state index contributed by atoms with van der Waals surface area (Å²) in [4.78, 5) is 11.8. The van der Waals surface area contributed by atoms with E-state index in [1.165, 1.54) is 5.56 Å². The van der Waals surface area contributed by atoms with Gasteiger partial charge in [-0.15, -0.1) is 0 Å². The van der Waals surface area contributed by atoms with Gasteiger partial charge in [-0.2, -0.15) is 11.3 Å². The van der Waals surface area contributed by atoms with Gasteiger partial charge in [-0.25, -0.2) is 4.79 Å². The first-order valence-electron chi connectivity index (χ1n) is 6.51. The Bertz CT molecular complexity index is 514. The zero-order valence-corrected chi connectivity index (χ0v) is 11.9. The van der Waals surface area contributed by atoms with Crippen LogP contribution in [0.15, 0.2) is 47.2 Å². The topological polar surface area (TPSA) is 61.4 Å². The van der Waals surface area contributed by atoms with Crippen molar-refractivity contribution in [2.75, 3.05) is 13.2 Å². The van der Waals surface area contributed by atoms with E-state index in [0.29, 0.717) is 6.54 Å². The third kappa shape index (κ3) is 4.36. The van der Waals surface area contributed by atoms with Crippen LogP contribution in [0.1, 0.15) is 17.2 Å². The van der Waals surface area contributed by atoms with E-state index < -0.39 is 0 Å². The number of carbonyl (C=O) groups is 1. The van der Waals surface area contributed by atoms with Crippen LogP contribution in [0.25, 0.3) is 0 Å². The molecule has 2 amide bonds. The third-order valence-corrected chi connectivity index (χ3v) is 3.70. The molecular weight excluding hydrogens is 272 g/mol. The maximum atomic E-state index is 11.8. The number of rotatable bonds is 6. The zero-order valence-electron chi connectivity index (χ0n) is 11.1. The number of hydrogen-bond donors (Lipinski definition) is 3. The first-order chi connectivity index (χ1) is 9.79. The minimum atomic E-state index is -0.377. The van der Waals surface area contributed by atoms with Crippen molar-refractivity contribution in [3.8, 4) is 0 Å². The monoisotopic (exact) mass is 290 g/mol. The number of thiophene rings is 1. The Labute approximate surface area is 122 Å². The van der Waals surface area contributed by atoms with Gasteiger partial charge in [0.15, 0.2) is 0 Å². The summed E-state index contributed by atoms with van der Waals surface area (Å²) in [5.74, 6) is 0. The summed E-state index contributed by atoms with van der Waals surface area (Å²) in [7, 11) is 0. The average molecular weight is 290 g/mol.